The van der Waals surface area contributed by atoms with E-state index in [9.17, 15) is 22.8 Å². The Morgan fingerprint density at radius 2 is 2.07 bits per heavy atom. The summed E-state index contributed by atoms with van der Waals surface area (Å²) >= 11 is 0. The van der Waals surface area contributed by atoms with Crippen molar-refractivity contribution in [1.29, 1.82) is 0 Å². The van der Waals surface area contributed by atoms with Gasteiger partial charge in [-0.3, -0.25) is 29.7 Å². The average molecular weight is 429 g/mol. The smallest absolute Gasteiger partial charge is 0.306 e. The Morgan fingerprint density at radius 3 is 2.72 bits per heavy atom. The highest BCUT2D eigenvalue weighted by atomic mass is 32.3. The maximum absolute atomic E-state index is 12.8. The third-order valence-electron chi connectivity index (χ3n) is 5.14. The highest BCUT2D eigenvalue weighted by Gasteiger charge is 2.53. The van der Waals surface area contributed by atoms with Crippen molar-refractivity contribution in [3.8, 4) is 0 Å². The molecule has 3 aliphatic rings. The summed E-state index contributed by atoms with van der Waals surface area (Å²) in [5, 5.41) is 7.56. The average Bonchev–Trinajstić information content (AvgIpc) is 3.36. The summed E-state index contributed by atoms with van der Waals surface area (Å²) in [6, 6.07) is -3.40. The molecule has 15 heteroatoms. The molecule has 2 saturated heterocycles. The molecule has 0 aliphatic carbocycles. The molecule has 3 atom stereocenters. The van der Waals surface area contributed by atoms with Gasteiger partial charge in [0.15, 0.2) is 6.04 Å². The van der Waals surface area contributed by atoms with Crippen molar-refractivity contribution in [1.82, 2.24) is 35.9 Å². The molecule has 0 saturated carbocycles. The lowest BCUT2D eigenvalue weighted by molar-refractivity contribution is -0.132. The van der Waals surface area contributed by atoms with Crippen LogP contribution < -0.4 is 16.2 Å². The first-order chi connectivity index (χ1) is 13.7. The first kappa shape index (κ1) is 19.6. The highest BCUT2D eigenvalue weighted by molar-refractivity contribution is 7.80. The van der Waals surface area contributed by atoms with Gasteiger partial charge >= 0.3 is 16.4 Å². The van der Waals surface area contributed by atoms with Gasteiger partial charge in [-0.2, -0.15) is 18.6 Å². The molecule has 4 N–H and O–H groups in total. The standard InChI is InChI=1S/C14H19N7O7S/c1-19-10-7(5-16-19)9-6-20(14(24)21(9)28-29(25,26)27)11(10)13(23)18-17-12(22)8-3-2-4-15-8/h5,8-9,11,15H,2-4,6H2,1H3,(H,17,22)(H,18,23)(H,25,26,27)/t8-,9-,11-/m0/s1. The monoisotopic (exact) mass is 429 g/mol. The Morgan fingerprint density at radius 1 is 1.34 bits per heavy atom. The van der Waals surface area contributed by atoms with Crippen molar-refractivity contribution >= 4 is 28.2 Å². The molecule has 0 spiro atoms. The molecule has 29 heavy (non-hydrogen) atoms. The van der Waals surface area contributed by atoms with Crippen molar-refractivity contribution < 1.29 is 31.6 Å². The van der Waals surface area contributed by atoms with Crippen molar-refractivity contribution in [3.63, 3.8) is 0 Å². The number of amides is 4. The minimum absolute atomic E-state index is 0.0662. The van der Waals surface area contributed by atoms with Gasteiger partial charge in [0.2, 0.25) is 0 Å². The number of hydrogen-bond donors (Lipinski definition) is 4. The number of aryl methyl sites for hydroxylation is 1. The van der Waals surface area contributed by atoms with Crippen molar-refractivity contribution in [2.45, 2.75) is 31.0 Å². The molecule has 1 aromatic heterocycles. The normalized spacial score (nSPS) is 25.9. The predicted molar refractivity (Wildman–Crippen MR) is 92.6 cm³/mol. The van der Waals surface area contributed by atoms with Gasteiger partial charge in [0, 0.05) is 12.6 Å². The summed E-state index contributed by atoms with van der Waals surface area (Å²) in [7, 11) is -3.40. The fourth-order valence-corrected chi connectivity index (χ4v) is 4.25. The van der Waals surface area contributed by atoms with Crippen LogP contribution in [0.2, 0.25) is 0 Å². The third kappa shape index (κ3) is 3.41. The Hall–Kier alpha value is -2.75. The van der Waals surface area contributed by atoms with Crippen LogP contribution in [0, 0.1) is 0 Å². The largest absolute Gasteiger partial charge is 0.418 e. The first-order valence-corrected chi connectivity index (χ1v) is 10.2. The van der Waals surface area contributed by atoms with Crippen molar-refractivity contribution in [2.75, 3.05) is 13.1 Å². The second kappa shape index (κ2) is 6.94. The lowest BCUT2D eigenvalue weighted by Gasteiger charge is -2.30. The number of carbonyl (C=O) groups excluding carboxylic acids is 3. The molecular formula is C14H19N7O7S. The number of fused-ring (bicyclic) bond motifs is 4. The van der Waals surface area contributed by atoms with E-state index in [-0.39, 0.29) is 6.54 Å². The molecular weight excluding hydrogens is 410 g/mol. The van der Waals surface area contributed by atoms with E-state index < -0.39 is 46.4 Å². The van der Waals surface area contributed by atoms with Gasteiger partial charge in [0.25, 0.3) is 11.8 Å². The molecule has 14 nitrogen and oxygen atoms in total. The van der Waals surface area contributed by atoms with Gasteiger partial charge < -0.3 is 10.2 Å². The number of hydroxylamine groups is 2. The van der Waals surface area contributed by atoms with Crippen LogP contribution in [0.15, 0.2) is 6.20 Å². The maximum Gasteiger partial charge on any atom is 0.418 e. The van der Waals surface area contributed by atoms with Gasteiger partial charge in [0.05, 0.1) is 24.5 Å². The Labute approximate surface area is 165 Å². The summed E-state index contributed by atoms with van der Waals surface area (Å²) in [4.78, 5) is 38.7. The SMILES string of the molecule is Cn1ncc2c1[C@@H](C(=O)NNC(=O)[C@@H]1CCCN1)N1C[C@@H]2N(OS(=O)(=O)O)C1=O. The van der Waals surface area contributed by atoms with Crippen LogP contribution in [-0.2, 0) is 31.3 Å². The molecule has 2 bridgehead atoms. The number of nitrogens with zero attached hydrogens (tertiary/aromatic N) is 4. The predicted octanol–water partition coefficient (Wildman–Crippen LogP) is -2.11. The topological polar surface area (TPSA) is 175 Å². The molecule has 4 amide bonds. The number of carbonyl (C=O) groups is 3. The quantitative estimate of drug-likeness (QED) is 0.308. The van der Waals surface area contributed by atoms with Gasteiger partial charge in [-0.15, -0.1) is 4.28 Å². The zero-order valence-corrected chi connectivity index (χ0v) is 16.0. The zero-order valence-electron chi connectivity index (χ0n) is 15.2. The van der Waals surface area contributed by atoms with Crippen LogP contribution in [-0.4, -0.2) is 69.7 Å². The number of hydrogen-bond acceptors (Lipinski definition) is 8. The van der Waals surface area contributed by atoms with Crippen molar-refractivity contribution in [3.05, 3.63) is 17.5 Å². The Balaban J connectivity index is 1.57. The lowest BCUT2D eigenvalue weighted by Crippen LogP contribution is -2.53. The van der Waals surface area contributed by atoms with E-state index in [1.807, 2.05) is 0 Å². The molecule has 0 aromatic carbocycles. The van der Waals surface area contributed by atoms with Crippen LogP contribution in [0.3, 0.4) is 0 Å². The second-order valence-electron chi connectivity index (χ2n) is 6.92. The Kier molecular flexibility index (Phi) is 4.68. The van der Waals surface area contributed by atoms with Crippen LogP contribution >= 0.6 is 0 Å². The van der Waals surface area contributed by atoms with Gasteiger partial charge in [-0.25, -0.2) is 4.79 Å². The fourth-order valence-electron chi connectivity index (χ4n) is 3.88. The number of aromatic nitrogens is 2. The van der Waals surface area contributed by atoms with Crippen LogP contribution in [0.4, 0.5) is 4.79 Å². The molecule has 2 fully saturated rings. The molecule has 4 rings (SSSR count). The number of urea groups is 1. The van der Waals surface area contributed by atoms with E-state index in [4.69, 9.17) is 4.55 Å². The van der Waals surface area contributed by atoms with E-state index in [0.29, 0.717) is 29.3 Å². The number of rotatable bonds is 4. The van der Waals surface area contributed by atoms with E-state index in [1.165, 1.54) is 10.9 Å². The van der Waals surface area contributed by atoms with Crippen molar-refractivity contribution in [2.24, 2.45) is 7.05 Å². The lowest BCUT2D eigenvalue weighted by atomic mass is 9.97. The summed E-state index contributed by atoms with van der Waals surface area (Å²) in [5.74, 6) is -1.11. The number of hydrazine groups is 1. The third-order valence-corrected chi connectivity index (χ3v) is 5.49. The molecule has 0 radical (unpaired) electrons. The van der Waals surface area contributed by atoms with Crippen LogP contribution in [0.25, 0.3) is 0 Å². The van der Waals surface area contributed by atoms with E-state index in [1.54, 1.807) is 7.05 Å². The fraction of sp³-hybridized carbons (Fsp3) is 0.571. The zero-order chi connectivity index (χ0) is 20.9. The minimum atomic E-state index is -4.96. The van der Waals surface area contributed by atoms with Crippen LogP contribution in [0.1, 0.15) is 36.2 Å². The van der Waals surface area contributed by atoms with Gasteiger partial charge in [0.1, 0.15) is 6.04 Å². The van der Waals surface area contributed by atoms with Gasteiger partial charge in [-0.1, -0.05) is 0 Å². The highest BCUT2D eigenvalue weighted by Crippen LogP contribution is 2.43. The Bertz CT molecular complexity index is 971. The molecule has 3 aliphatic heterocycles. The summed E-state index contributed by atoms with van der Waals surface area (Å²) in [5.41, 5.74) is 5.38. The van der Waals surface area contributed by atoms with E-state index >= 15 is 0 Å². The minimum Gasteiger partial charge on any atom is -0.306 e. The molecule has 4 heterocycles. The summed E-state index contributed by atoms with van der Waals surface area (Å²) < 4.78 is 37.0. The van der Waals surface area contributed by atoms with E-state index in [2.05, 4.69) is 25.6 Å². The molecule has 1 aromatic rings. The maximum atomic E-state index is 12.8. The van der Waals surface area contributed by atoms with Crippen LogP contribution in [0.5, 0.6) is 0 Å². The summed E-state index contributed by atoms with van der Waals surface area (Å²) in [6.45, 7) is 0.642. The second-order valence-corrected chi connectivity index (χ2v) is 7.92. The summed E-state index contributed by atoms with van der Waals surface area (Å²) in [6.07, 6.45) is 2.88. The molecule has 0 unspecified atom stereocenters. The van der Waals surface area contributed by atoms with Gasteiger partial charge in [-0.05, 0) is 19.4 Å². The molecule has 158 valence electrons. The van der Waals surface area contributed by atoms with E-state index in [0.717, 1.165) is 11.3 Å². The number of nitrogens with one attached hydrogen (secondary N) is 3. The first-order valence-electron chi connectivity index (χ1n) is 8.79.